The highest BCUT2D eigenvalue weighted by atomic mass is 16.3. The number of aliphatic hydroxyl groups excluding tert-OH is 1. The molecule has 1 N–H and O–H groups in total. The van der Waals surface area contributed by atoms with E-state index in [9.17, 15) is 4.79 Å². The summed E-state index contributed by atoms with van der Waals surface area (Å²) in [6.45, 7) is 10.1. The molecule has 0 radical (unpaired) electrons. The zero-order valence-corrected chi connectivity index (χ0v) is 13.2. The average molecular weight is 277 g/mol. The summed E-state index contributed by atoms with van der Waals surface area (Å²) < 4.78 is 0. The van der Waals surface area contributed by atoms with Crippen molar-refractivity contribution < 1.29 is 9.90 Å². The Bertz CT molecular complexity index is 431. The molecule has 0 spiro atoms. The van der Waals surface area contributed by atoms with Gasteiger partial charge in [-0.15, -0.1) is 0 Å². The number of aryl methyl sites for hydroxylation is 3. The number of carbonyl (C=O) groups is 1. The maximum Gasteiger partial charge on any atom is 0.177 e. The monoisotopic (exact) mass is 277 g/mol. The zero-order chi connectivity index (χ0) is 15.1. The molecule has 20 heavy (non-hydrogen) atoms. The average Bonchev–Trinajstić information content (AvgIpc) is 2.34. The fraction of sp³-hybridized carbons (Fsp3) is 0.588. The first-order chi connectivity index (χ1) is 9.49. The molecule has 1 rings (SSSR count). The molecule has 0 amide bonds. The molecule has 0 unspecified atom stereocenters. The van der Waals surface area contributed by atoms with E-state index in [1.807, 2.05) is 25.7 Å². The van der Waals surface area contributed by atoms with Crippen LogP contribution in [0.5, 0.6) is 0 Å². The van der Waals surface area contributed by atoms with Crippen molar-refractivity contribution in [3.63, 3.8) is 0 Å². The number of nitrogens with zero attached hydrogens (tertiary/aromatic N) is 1. The lowest BCUT2D eigenvalue weighted by molar-refractivity contribution is 0.0912. The Balaban J connectivity index is 2.83. The van der Waals surface area contributed by atoms with E-state index in [0.717, 1.165) is 36.1 Å². The zero-order valence-electron chi connectivity index (χ0n) is 13.2. The van der Waals surface area contributed by atoms with Crippen molar-refractivity contribution >= 4 is 5.78 Å². The van der Waals surface area contributed by atoms with Crippen molar-refractivity contribution in [3.8, 4) is 0 Å². The van der Waals surface area contributed by atoms with Gasteiger partial charge in [0, 0.05) is 12.1 Å². The van der Waals surface area contributed by atoms with Gasteiger partial charge >= 0.3 is 0 Å². The molecule has 0 saturated heterocycles. The van der Waals surface area contributed by atoms with E-state index >= 15 is 0 Å². The Morgan fingerprint density at radius 2 is 1.75 bits per heavy atom. The van der Waals surface area contributed by atoms with Crippen LogP contribution in [0, 0.1) is 20.8 Å². The second-order valence-electron chi connectivity index (χ2n) is 5.55. The molecular weight excluding hydrogens is 250 g/mol. The molecule has 112 valence electrons. The number of unbranched alkanes of at least 4 members (excludes halogenated alkanes) is 1. The third-order valence-corrected chi connectivity index (χ3v) is 3.57. The van der Waals surface area contributed by atoms with E-state index in [1.54, 1.807) is 0 Å². The van der Waals surface area contributed by atoms with Gasteiger partial charge < -0.3 is 5.11 Å². The lowest BCUT2D eigenvalue weighted by Crippen LogP contribution is -2.33. The van der Waals surface area contributed by atoms with Gasteiger partial charge in [-0.3, -0.25) is 9.69 Å². The first kappa shape index (κ1) is 16.9. The summed E-state index contributed by atoms with van der Waals surface area (Å²) in [5.41, 5.74) is 4.13. The second kappa shape index (κ2) is 8.18. The highest BCUT2D eigenvalue weighted by Gasteiger charge is 2.16. The first-order valence-corrected chi connectivity index (χ1v) is 7.43. The summed E-state index contributed by atoms with van der Waals surface area (Å²) >= 11 is 0. The number of carbonyl (C=O) groups excluding carboxylic acids is 1. The number of aliphatic hydroxyl groups is 1. The van der Waals surface area contributed by atoms with E-state index in [1.165, 1.54) is 5.56 Å². The number of hydrogen-bond donors (Lipinski definition) is 1. The highest BCUT2D eigenvalue weighted by molar-refractivity contribution is 6.00. The Labute approximate surface area is 122 Å². The van der Waals surface area contributed by atoms with E-state index in [4.69, 9.17) is 5.11 Å². The molecule has 0 atom stereocenters. The van der Waals surface area contributed by atoms with Crippen LogP contribution >= 0.6 is 0 Å². The number of benzene rings is 1. The smallest absolute Gasteiger partial charge is 0.177 e. The fourth-order valence-corrected chi connectivity index (χ4v) is 2.70. The van der Waals surface area contributed by atoms with Crippen molar-refractivity contribution in [2.24, 2.45) is 0 Å². The molecule has 1 aromatic rings. The molecule has 3 heteroatoms. The highest BCUT2D eigenvalue weighted by Crippen LogP contribution is 2.17. The maximum atomic E-state index is 12.5. The van der Waals surface area contributed by atoms with Gasteiger partial charge in [-0.2, -0.15) is 0 Å². The van der Waals surface area contributed by atoms with Crippen LogP contribution in [0.1, 0.15) is 46.8 Å². The molecule has 0 bridgehead atoms. The van der Waals surface area contributed by atoms with Gasteiger partial charge in [-0.25, -0.2) is 0 Å². The van der Waals surface area contributed by atoms with Crippen LogP contribution in [-0.4, -0.2) is 42.0 Å². The van der Waals surface area contributed by atoms with Gasteiger partial charge in [-0.1, -0.05) is 31.0 Å². The molecular formula is C17H27NO2. The summed E-state index contributed by atoms with van der Waals surface area (Å²) in [7, 11) is 0. The van der Waals surface area contributed by atoms with Crippen LogP contribution in [-0.2, 0) is 0 Å². The minimum atomic E-state index is 0.100. The summed E-state index contributed by atoms with van der Waals surface area (Å²) in [4.78, 5) is 14.6. The molecule has 0 aliphatic carbocycles. The lowest BCUT2D eigenvalue weighted by Gasteiger charge is -2.21. The summed E-state index contributed by atoms with van der Waals surface area (Å²) in [6.07, 6.45) is 2.15. The van der Waals surface area contributed by atoms with Crippen LogP contribution < -0.4 is 0 Å². The van der Waals surface area contributed by atoms with Crippen molar-refractivity contribution in [2.75, 3.05) is 26.2 Å². The van der Waals surface area contributed by atoms with Crippen molar-refractivity contribution in [2.45, 2.75) is 40.5 Å². The largest absolute Gasteiger partial charge is 0.395 e. The van der Waals surface area contributed by atoms with Crippen LogP contribution in [0.25, 0.3) is 0 Å². The Morgan fingerprint density at radius 3 is 2.25 bits per heavy atom. The minimum absolute atomic E-state index is 0.100. The predicted molar refractivity (Wildman–Crippen MR) is 83.4 cm³/mol. The normalized spacial score (nSPS) is 11.1. The molecule has 0 fully saturated rings. The summed E-state index contributed by atoms with van der Waals surface area (Å²) in [6, 6.07) is 4.12. The Kier molecular flexibility index (Phi) is 6.89. The third kappa shape index (κ3) is 4.73. The molecule has 0 saturated carbocycles. The molecule has 1 aromatic carbocycles. The van der Waals surface area contributed by atoms with Gasteiger partial charge in [0.05, 0.1) is 13.2 Å². The Morgan fingerprint density at radius 1 is 1.15 bits per heavy atom. The molecule has 0 heterocycles. The van der Waals surface area contributed by atoms with Gasteiger partial charge in [-0.05, 0) is 44.9 Å². The summed E-state index contributed by atoms with van der Waals surface area (Å²) in [5.74, 6) is 0.157. The lowest BCUT2D eigenvalue weighted by atomic mass is 9.96. The van der Waals surface area contributed by atoms with Gasteiger partial charge in [0.1, 0.15) is 0 Å². The number of ketones is 1. The topological polar surface area (TPSA) is 40.5 Å². The fourth-order valence-electron chi connectivity index (χ4n) is 2.70. The quantitative estimate of drug-likeness (QED) is 0.743. The minimum Gasteiger partial charge on any atom is -0.395 e. The van der Waals surface area contributed by atoms with Crippen LogP contribution in [0.15, 0.2) is 12.1 Å². The molecule has 0 aliphatic heterocycles. The SMILES string of the molecule is CCCCN(CCO)CC(=O)c1c(C)cc(C)cc1C. The number of hydrogen-bond acceptors (Lipinski definition) is 3. The van der Waals surface area contributed by atoms with Crippen molar-refractivity contribution in [1.29, 1.82) is 0 Å². The van der Waals surface area contributed by atoms with E-state index < -0.39 is 0 Å². The molecule has 0 aliphatic rings. The third-order valence-electron chi connectivity index (χ3n) is 3.57. The van der Waals surface area contributed by atoms with E-state index in [0.29, 0.717) is 13.1 Å². The standard InChI is InChI=1S/C17H27NO2/c1-5-6-7-18(8-9-19)12-16(20)17-14(3)10-13(2)11-15(17)4/h10-11,19H,5-9,12H2,1-4H3. The van der Waals surface area contributed by atoms with Crippen molar-refractivity contribution in [1.82, 2.24) is 4.90 Å². The van der Waals surface area contributed by atoms with Crippen LogP contribution in [0.3, 0.4) is 0 Å². The van der Waals surface area contributed by atoms with E-state index in [2.05, 4.69) is 19.1 Å². The predicted octanol–water partition coefficient (Wildman–Crippen LogP) is 2.89. The molecule has 0 aromatic heterocycles. The van der Waals surface area contributed by atoms with Crippen LogP contribution in [0.4, 0.5) is 0 Å². The Hall–Kier alpha value is -1.19. The van der Waals surface area contributed by atoms with Gasteiger partial charge in [0.15, 0.2) is 5.78 Å². The van der Waals surface area contributed by atoms with E-state index in [-0.39, 0.29) is 12.4 Å². The number of rotatable bonds is 8. The van der Waals surface area contributed by atoms with Gasteiger partial charge in [0.2, 0.25) is 0 Å². The van der Waals surface area contributed by atoms with Gasteiger partial charge in [0.25, 0.3) is 0 Å². The van der Waals surface area contributed by atoms with Crippen LogP contribution in [0.2, 0.25) is 0 Å². The second-order valence-corrected chi connectivity index (χ2v) is 5.55. The summed E-state index contributed by atoms with van der Waals surface area (Å²) in [5, 5.41) is 9.11. The molecule has 3 nitrogen and oxygen atoms in total. The maximum absolute atomic E-state index is 12.5. The van der Waals surface area contributed by atoms with Crippen molar-refractivity contribution in [3.05, 3.63) is 34.4 Å². The number of Topliss-reactive ketones (excluding diaryl/α,β-unsaturated/α-hetero) is 1. The first-order valence-electron chi connectivity index (χ1n) is 7.43.